The Kier molecular flexibility index (Phi) is 25.5. The first-order valence-corrected chi connectivity index (χ1v) is 41.0. The molecule has 0 spiro atoms. The normalized spacial score (nSPS) is 39.4. The van der Waals surface area contributed by atoms with Crippen LogP contribution in [-0.2, 0) is 95.3 Å². The highest BCUT2D eigenvalue weighted by atomic mass is 16.6. The molecule has 20 nitrogen and oxygen atoms in total. The maximum Gasteiger partial charge on any atom is 0.344 e. The third kappa shape index (κ3) is 16.9. The Morgan fingerprint density at radius 1 is 0.355 bits per heavy atom. The highest BCUT2D eigenvalue weighted by Gasteiger charge is 2.67. The van der Waals surface area contributed by atoms with Gasteiger partial charge in [-0.3, -0.25) is 0 Å². The zero-order valence-electron chi connectivity index (χ0n) is 65.6. The summed E-state index contributed by atoms with van der Waals surface area (Å²) < 4.78 is 53.4. The molecule has 15 aliphatic carbocycles. The fraction of sp³-hybridized carbons (Fsp3) is 0.770. The number of rotatable bonds is 23. The third-order valence-electron chi connectivity index (χ3n) is 30.0. The summed E-state index contributed by atoms with van der Waals surface area (Å²) in [7, 11) is 0. The van der Waals surface area contributed by atoms with E-state index in [1.807, 2.05) is 0 Å². The van der Waals surface area contributed by atoms with Crippen molar-refractivity contribution in [2.45, 2.75) is 264 Å². The summed E-state index contributed by atoms with van der Waals surface area (Å²) in [5.74, 6) is 9.48. The first-order valence-electron chi connectivity index (χ1n) is 41.0. The van der Waals surface area contributed by atoms with Gasteiger partial charge in [0, 0.05) is 58.5 Å². The Balaban J connectivity index is 0.000000133. The molecule has 592 valence electrons. The minimum absolute atomic E-state index is 0.292. The van der Waals surface area contributed by atoms with Crippen LogP contribution in [0.25, 0.3) is 0 Å². The van der Waals surface area contributed by atoms with E-state index in [-0.39, 0.29) is 61.0 Å². The smallest absolute Gasteiger partial charge is 0.344 e. The number of carbonyl (C=O) groups excluding carboxylic acids is 10. The van der Waals surface area contributed by atoms with Gasteiger partial charge < -0.3 is 47.4 Å². The lowest BCUT2D eigenvalue weighted by Crippen LogP contribution is -2.49. The van der Waals surface area contributed by atoms with Crippen molar-refractivity contribution in [1.82, 2.24) is 0 Å². The largest absolute Gasteiger partial charge is 0.457 e. The van der Waals surface area contributed by atoms with Crippen molar-refractivity contribution < 1.29 is 95.3 Å². The summed E-state index contributed by atoms with van der Waals surface area (Å²) in [6.45, 7) is 32.9. The zero-order chi connectivity index (χ0) is 77.2. The van der Waals surface area contributed by atoms with Crippen molar-refractivity contribution in [3.63, 3.8) is 0 Å². The number of ether oxygens (including phenoxy) is 10. The quantitative estimate of drug-likeness (QED) is 0.0523. The predicted molar refractivity (Wildman–Crippen MR) is 396 cm³/mol. The Labute approximate surface area is 634 Å². The number of hydrogen-bond donors (Lipinski definition) is 0. The highest BCUT2D eigenvalue weighted by molar-refractivity contribution is 5.90. The van der Waals surface area contributed by atoms with Crippen molar-refractivity contribution in [1.29, 1.82) is 0 Å². The van der Waals surface area contributed by atoms with Crippen molar-refractivity contribution in [3.05, 3.63) is 61.8 Å². The van der Waals surface area contributed by atoms with Crippen LogP contribution >= 0.6 is 0 Å². The molecule has 0 heterocycles. The Bertz CT molecular complexity index is 3420. The van der Waals surface area contributed by atoms with Crippen LogP contribution in [-0.4, -0.2) is 121 Å². The molecule has 0 radical (unpaired) electrons. The molecule has 0 amide bonds. The van der Waals surface area contributed by atoms with Gasteiger partial charge in [-0.15, -0.1) is 0 Å². The average molecular weight is 1490 g/mol. The molecular weight excluding hydrogens is 1360 g/mol. The van der Waals surface area contributed by atoms with Gasteiger partial charge in [0.25, 0.3) is 0 Å². The van der Waals surface area contributed by atoms with E-state index in [0.717, 1.165) is 140 Å². The summed E-state index contributed by atoms with van der Waals surface area (Å²) in [4.78, 5) is 116. The third-order valence-corrected chi connectivity index (χ3v) is 30.0. The van der Waals surface area contributed by atoms with E-state index >= 15 is 0 Å². The Morgan fingerprint density at radius 3 is 0.935 bits per heavy atom. The summed E-state index contributed by atoms with van der Waals surface area (Å²) >= 11 is 0. The fourth-order valence-electron chi connectivity index (χ4n) is 26.1. The molecular formula is C87H124O20. The van der Waals surface area contributed by atoms with Crippen molar-refractivity contribution in [2.75, 3.05) is 33.0 Å². The molecule has 15 aliphatic rings. The van der Waals surface area contributed by atoms with Gasteiger partial charge in [0.05, 0.1) is 0 Å². The van der Waals surface area contributed by atoms with Gasteiger partial charge in [0.15, 0.2) is 33.0 Å². The second-order valence-corrected chi connectivity index (χ2v) is 36.0. The van der Waals surface area contributed by atoms with Gasteiger partial charge in [-0.05, 0) is 271 Å². The molecule has 0 aliphatic heterocycles. The fourth-order valence-corrected chi connectivity index (χ4v) is 26.1. The lowest BCUT2D eigenvalue weighted by Gasteiger charge is -2.45. The number of hydrogen-bond acceptors (Lipinski definition) is 20. The highest BCUT2D eigenvalue weighted by Crippen LogP contribution is 2.69. The first kappa shape index (κ1) is 81.4. The molecule has 107 heavy (non-hydrogen) atoms. The molecule has 0 aromatic carbocycles. The molecule has 15 fully saturated rings. The van der Waals surface area contributed by atoms with Crippen molar-refractivity contribution in [2.24, 2.45) is 124 Å². The topological polar surface area (TPSA) is 263 Å². The predicted octanol–water partition coefficient (Wildman–Crippen LogP) is 15.0. The lowest BCUT2D eigenvalue weighted by molar-refractivity contribution is -0.184. The van der Waals surface area contributed by atoms with Crippen LogP contribution in [0, 0.1) is 124 Å². The molecule has 25 atom stereocenters. The van der Waals surface area contributed by atoms with Crippen LogP contribution in [0.3, 0.4) is 0 Å². The molecule has 25 unspecified atom stereocenters. The molecule has 0 aromatic rings. The lowest BCUT2D eigenvalue weighted by atomic mass is 9.68. The van der Waals surface area contributed by atoms with Crippen molar-refractivity contribution >= 4 is 59.7 Å². The van der Waals surface area contributed by atoms with Gasteiger partial charge >= 0.3 is 59.7 Å². The summed E-state index contributed by atoms with van der Waals surface area (Å²) in [6, 6.07) is 0. The summed E-state index contributed by atoms with van der Waals surface area (Å²) in [5.41, 5.74) is -0.810. The second-order valence-electron chi connectivity index (χ2n) is 36.0. The van der Waals surface area contributed by atoms with Gasteiger partial charge in [-0.1, -0.05) is 92.7 Å². The molecule has 0 N–H and O–H groups in total. The maximum atomic E-state index is 12.3. The van der Waals surface area contributed by atoms with Crippen LogP contribution in [0.4, 0.5) is 0 Å². The van der Waals surface area contributed by atoms with Crippen molar-refractivity contribution in [3.8, 4) is 0 Å². The van der Waals surface area contributed by atoms with Gasteiger partial charge in [0.1, 0.15) is 28.0 Å². The Hall–Kier alpha value is -6.60. The minimum Gasteiger partial charge on any atom is -0.457 e. The van der Waals surface area contributed by atoms with Gasteiger partial charge in [0.2, 0.25) is 0 Å². The monoisotopic (exact) mass is 1490 g/mol. The number of carbonyl (C=O) groups is 10. The van der Waals surface area contributed by atoms with E-state index in [0.29, 0.717) is 58.1 Å². The number of fused-ring (bicyclic) bond motifs is 25. The van der Waals surface area contributed by atoms with E-state index in [1.165, 1.54) is 128 Å². The standard InChI is InChI=1S/C19H28O4.C18H26O4.2C17H24O4.C16H22O4/c1-11(2)18(21)22-10-17(20)23-19(12(3)4)9-13-8-16(19)15-7-5-6-14(13)15;1-4-18(22-16(19)10-21-17(20)11(2)3)9-12-8-15(18)14-7-5-6-13(12)14;1-10(2)16(19)20-9-15(18)21-17(3)8-11-7-14(17)13-6-4-5-12(11)13;1-3-15(18)20-10-16(19)21-17(4-2)9-11-8-14(17)13-7-5-6-12(11)13;1-3-14(17)19-9-15(18)20-16(2)8-10-7-13(16)12-6-4-5-11(10)12/h12-16H,1,5-10H2,2-4H3;12-15H,2,4-10H2,1,3H3;11-14H,1,4-9H2,2-3H3;3,11-14H,1,4-10H2,2H3;3,10-13H,1,4-9H2,2H3. The maximum absolute atomic E-state index is 12.3. The number of esters is 10. The van der Waals surface area contributed by atoms with Gasteiger partial charge in [-0.2, -0.15) is 0 Å². The summed E-state index contributed by atoms with van der Waals surface area (Å²) in [5, 5.41) is 0. The van der Waals surface area contributed by atoms with E-state index in [9.17, 15) is 47.9 Å². The van der Waals surface area contributed by atoms with Crippen LogP contribution in [0.15, 0.2) is 61.8 Å². The molecule has 20 heteroatoms. The first-order chi connectivity index (χ1) is 50.8. The molecule has 15 rings (SSSR count). The SMILES string of the molecule is C=C(C)C(=O)OCC(=O)OC1(C(C)C)CC2CC1C1CCCC21.C=C(C)C(=O)OCC(=O)OC1(C)CC2CC1C1CCCC21.C=C(C)C(=O)OCC(=O)OC1(CC)CC2CC1C1CCCC21.C=CC(=O)OCC(=O)OC1(C)CC2CC1C1CCCC21.C=CC(=O)OCC(=O)OC1(CC)CC2CC1C1CCCC21. The van der Waals surface area contributed by atoms with E-state index < -0.39 is 59.7 Å². The van der Waals surface area contributed by atoms with Crippen LogP contribution in [0.1, 0.15) is 236 Å². The van der Waals surface area contributed by atoms with Crippen LogP contribution in [0.5, 0.6) is 0 Å². The average Bonchev–Trinajstić information content (AvgIpc) is 1.60. The minimum atomic E-state index is -0.587. The van der Waals surface area contributed by atoms with E-state index in [1.54, 1.807) is 20.8 Å². The van der Waals surface area contributed by atoms with E-state index in [2.05, 4.69) is 74.4 Å². The summed E-state index contributed by atoms with van der Waals surface area (Å²) in [6.07, 6.45) is 34.6. The Morgan fingerprint density at radius 2 is 0.617 bits per heavy atom. The molecule has 10 bridgehead atoms. The van der Waals surface area contributed by atoms with Gasteiger partial charge in [-0.25, -0.2) is 47.9 Å². The molecule has 0 saturated heterocycles. The van der Waals surface area contributed by atoms with Crippen LogP contribution in [0.2, 0.25) is 0 Å². The van der Waals surface area contributed by atoms with E-state index in [4.69, 9.17) is 47.4 Å². The molecule has 0 aromatic heterocycles. The second kappa shape index (κ2) is 33.5. The van der Waals surface area contributed by atoms with Crippen LogP contribution < -0.4 is 0 Å². The zero-order valence-corrected chi connectivity index (χ0v) is 65.6. The molecule has 15 saturated carbocycles.